The van der Waals surface area contributed by atoms with Crippen molar-refractivity contribution in [3.8, 4) is 5.75 Å². The van der Waals surface area contributed by atoms with E-state index in [9.17, 15) is 5.11 Å². The number of hydrogen-bond donors (Lipinski definition) is 3. The van der Waals surface area contributed by atoms with Gasteiger partial charge >= 0.3 is 6.03 Å². The van der Waals surface area contributed by atoms with Crippen LogP contribution in [0.4, 0.5) is 4.79 Å². The second kappa shape index (κ2) is 12.3. The first kappa shape index (κ1) is 18.3. The topological polar surface area (TPSA) is 89.3 Å². The molecule has 0 unspecified atom stereocenters. The Morgan fingerprint density at radius 1 is 1.00 bits per heavy atom. The molecule has 0 aliphatic heterocycles. The van der Waals surface area contributed by atoms with Crippen LogP contribution >= 0.6 is 0 Å². The van der Waals surface area contributed by atoms with Gasteiger partial charge in [0.15, 0.2) is 0 Å². The van der Waals surface area contributed by atoms with Crippen molar-refractivity contribution in [2.45, 2.75) is 58.3 Å². The highest BCUT2D eigenvalue weighted by atomic mass is 16.3. The van der Waals surface area contributed by atoms with Crippen molar-refractivity contribution < 1.29 is 9.90 Å². The second-order valence-corrected chi connectivity index (χ2v) is 4.90. The Balaban J connectivity index is 0.000000796. The number of carbonyl (C=O) groups is 1. The van der Waals surface area contributed by atoms with E-state index in [1.165, 1.54) is 44.9 Å². The van der Waals surface area contributed by atoms with Gasteiger partial charge in [0.1, 0.15) is 5.75 Å². The molecule has 0 aliphatic rings. The predicted molar refractivity (Wildman–Crippen MR) is 83.6 cm³/mol. The van der Waals surface area contributed by atoms with Crippen molar-refractivity contribution in [2.75, 3.05) is 0 Å². The average Bonchev–Trinajstić information content (AvgIpc) is 2.39. The summed E-state index contributed by atoms with van der Waals surface area (Å²) in [6.45, 7) is 2.25. The minimum absolute atomic E-state index is 0.452. The van der Waals surface area contributed by atoms with Crippen molar-refractivity contribution in [1.29, 1.82) is 0 Å². The molecule has 0 heterocycles. The van der Waals surface area contributed by atoms with Gasteiger partial charge < -0.3 is 16.6 Å². The number of carbonyl (C=O) groups excluding carboxylic acids is 1. The number of urea groups is 1. The summed E-state index contributed by atoms with van der Waals surface area (Å²) in [7, 11) is 0. The van der Waals surface area contributed by atoms with E-state index in [0.29, 0.717) is 5.75 Å². The fourth-order valence-corrected chi connectivity index (χ4v) is 1.99. The number of phenols is 1. The molecule has 0 fully saturated rings. The fraction of sp³-hybridized carbons (Fsp3) is 0.562. The Morgan fingerprint density at radius 2 is 1.50 bits per heavy atom. The summed E-state index contributed by atoms with van der Waals surface area (Å²) >= 11 is 0. The molecule has 20 heavy (non-hydrogen) atoms. The molecule has 0 saturated heterocycles. The molecule has 4 heteroatoms. The van der Waals surface area contributed by atoms with Crippen LogP contribution in [0.3, 0.4) is 0 Å². The number of phenolic OH excluding ortho intramolecular Hbond substituents is 1. The summed E-state index contributed by atoms with van der Waals surface area (Å²) in [5, 5.41) is 9.58. The van der Waals surface area contributed by atoms with Gasteiger partial charge in [-0.3, -0.25) is 0 Å². The van der Waals surface area contributed by atoms with E-state index in [2.05, 4.69) is 18.4 Å². The quantitative estimate of drug-likeness (QED) is 0.634. The highest BCUT2D eigenvalue weighted by molar-refractivity contribution is 5.69. The minimum atomic E-state index is -0.833. The lowest BCUT2D eigenvalue weighted by molar-refractivity contribution is 0.256. The highest BCUT2D eigenvalue weighted by Crippen LogP contribution is 2.18. The first-order chi connectivity index (χ1) is 9.57. The number of aromatic hydroxyl groups is 1. The number of para-hydroxylation sites is 1. The maximum absolute atomic E-state index is 9.58. The highest BCUT2D eigenvalue weighted by Gasteiger charge is 1.98. The van der Waals surface area contributed by atoms with E-state index in [1.807, 2.05) is 18.2 Å². The van der Waals surface area contributed by atoms with E-state index in [0.717, 1.165) is 12.0 Å². The molecule has 0 saturated carbocycles. The number of primary amides is 2. The lowest BCUT2D eigenvalue weighted by Gasteiger charge is -2.04. The molecule has 0 aromatic heterocycles. The first-order valence-electron chi connectivity index (χ1n) is 7.39. The van der Waals surface area contributed by atoms with Crippen LogP contribution in [0.25, 0.3) is 0 Å². The second-order valence-electron chi connectivity index (χ2n) is 4.90. The predicted octanol–water partition coefficient (Wildman–Crippen LogP) is 3.71. The number of unbranched alkanes of at least 4 members (excludes halogenated alkanes) is 6. The fourth-order valence-electron chi connectivity index (χ4n) is 1.99. The van der Waals surface area contributed by atoms with Gasteiger partial charge in [0.05, 0.1) is 0 Å². The van der Waals surface area contributed by atoms with Crippen molar-refractivity contribution in [1.82, 2.24) is 0 Å². The Morgan fingerprint density at radius 3 is 2.05 bits per heavy atom. The van der Waals surface area contributed by atoms with Gasteiger partial charge in [-0.15, -0.1) is 0 Å². The maximum atomic E-state index is 9.58. The van der Waals surface area contributed by atoms with Crippen molar-refractivity contribution in [3.63, 3.8) is 0 Å². The van der Waals surface area contributed by atoms with Gasteiger partial charge in [0.2, 0.25) is 0 Å². The molecule has 1 aromatic rings. The zero-order valence-corrected chi connectivity index (χ0v) is 12.5. The molecule has 4 nitrogen and oxygen atoms in total. The molecular weight excluding hydrogens is 252 g/mol. The van der Waals surface area contributed by atoms with Crippen LogP contribution in [0.15, 0.2) is 24.3 Å². The van der Waals surface area contributed by atoms with E-state index < -0.39 is 6.03 Å². The lowest BCUT2D eigenvalue weighted by Crippen LogP contribution is -2.18. The number of amides is 2. The molecular formula is C16H28N2O2. The summed E-state index contributed by atoms with van der Waals surface area (Å²) in [6.07, 6.45) is 10.3. The standard InChI is InChI=1S/C15H24O.CH4N2O/c1-2-3-4-5-6-7-8-11-14-12-9-10-13-15(14)16;2-1(3)4/h9-10,12-13,16H,2-8,11H2,1H3;(H4,2,3,4). The number of aryl methyl sites for hydroxylation is 1. The van der Waals surface area contributed by atoms with Gasteiger partial charge in [-0.05, 0) is 24.5 Å². The normalized spacial score (nSPS) is 9.65. The molecule has 1 aromatic carbocycles. The Kier molecular flexibility index (Phi) is 11.3. The van der Waals surface area contributed by atoms with Gasteiger partial charge in [-0.1, -0.05) is 63.6 Å². The molecule has 0 spiro atoms. The monoisotopic (exact) mass is 280 g/mol. The van der Waals surface area contributed by atoms with E-state index in [-0.39, 0.29) is 0 Å². The minimum Gasteiger partial charge on any atom is -0.508 e. The average molecular weight is 280 g/mol. The van der Waals surface area contributed by atoms with Crippen LogP contribution in [0, 0.1) is 0 Å². The number of benzene rings is 1. The van der Waals surface area contributed by atoms with Gasteiger partial charge in [-0.25, -0.2) is 4.79 Å². The third-order valence-electron chi connectivity index (χ3n) is 3.04. The van der Waals surface area contributed by atoms with E-state index in [1.54, 1.807) is 6.07 Å². The molecule has 1 rings (SSSR count). The molecule has 0 atom stereocenters. The van der Waals surface area contributed by atoms with Crippen molar-refractivity contribution >= 4 is 6.03 Å². The van der Waals surface area contributed by atoms with Crippen LogP contribution in [0.1, 0.15) is 57.4 Å². The summed E-state index contributed by atoms with van der Waals surface area (Å²) in [6, 6.07) is 6.84. The maximum Gasteiger partial charge on any atom is 0.309 e. The molecule has 114 valence electrons. The third-order valence-corrected chi connectivity index (χ3v) is 3.04. The first-order valence-corrected chi connectivity index (χ1v) is 7.39. The van der Waals surface area contributed by atoms with Crippen LogP contribution in [-0.2, 0) is 6.42 Å². The van der Waals surface area contributed by atoms with Gasteiger partial charge in [0, 0.05) is 0 Å². The Hall–Kier alpha value is -1.71. The summed E-state index contributed by atoms with van der Waals surface area (Å²) in [5.74, 6) is 0.452. The SMILES string of the molecule is CCCCCCCCCc1ccccc1O.NC(N)=O. The van der Waals surface area contributed by atoms with Crippen LogP contribution in [-0.4, -0.2) is 11.1 Å². The summed E-state index contributed by atoms with van der Waals surface area (Å²) in [5.41, 5.74) is 9.59. The van der Waals surface area contributed by atoms with Gasteiger partial charge in [-0.2, -0.15) is 0 Å². The zero-order chi connectivity index (χ0) is 15.2. The Labute approximate surface area is 122 Å². The van der Waals surface area contributed by atoms with Crippen LogP contribution in [0.2, 0.25) is 0 Å². The molecule has 0 bridgehead atoms. The van der Waals surface area contributed by atoms with Crippen molar-refractivity contribution in [3.05, 3.63) is 29.8 Å². The lowest BCUT2D eigenvalue weighted by atomic mass is 10.0. The van der Waals surface area contributed by atoms with Crippen molar-refractivity contribution in [2.24, 2.45) is 11.5 Å². The van der Waals surface area contributed by atoms with E-state index >= 15 is 0 Å². The molecule has 2 amide bonds. The van der Waals surface area contributed by atoms with Crippen LogP contribution in [0.5, 0.6) is 5.75 Å². The smallest absolute Gasteiger partial charge is 0.309 e. The Bertz CT molecular complexity index is 363. The largest absolute Gasteiger partial charge is 0.508 e. The van der Waals surface area contributed by atoms with E-state index in [4.69, 9.17) is 4.79 Å². The molecule has 5 N–H and O–H groups in total. The third kappa shape index (κ3) is 11.4. The van der Waals surface area contributed by atoms with Gasteiger partial charge in [0.25, 0.3) is 0 Å². The number of nitrogens with two attached hydrogens (primary N) is 2. The zero-order valence-electron chi connectivity index (χ0n) is 12.5. The number of rotatable bonds is 8. The van der Waals surface area contributed by atoms with Crippen LogP contribution < -0.4 is 11.5 Å². The molecule has 0 radical (unpaired) electrons. The molecule has 0 aliphatic carbocycles. The number of hydrogen-bond acceptors (Lipinski definition) is 2. The summed E-state index contributed by atoms with van der Waals surface area (Å²) < 4.78 is 0. The summed E-state index contributed by atoms with van der Waals surface area (Å²) in [4.78, 5) is 9.00.